The Bertz CT molecular complexity index is 669. The highest BCUT2D eigenvalue weighted by atomic mass is 79.9. The molecule has 4 aliphatic carbocycles. The summed E-state index contributed by atoms with van der Waals surface area (Å²) in [4.78, 5) is 12.4. The predicted molar refractivity (Wildman–Crippen MR) is 107 cm³/mol. The Morgan fingerprint density at radius 1 is 1.16 bits per heavy atom. The zero-order valence-corrected chi connectivity index (χ0v) is 17.0. The number of nitrogens with one attached hydrogen (secondary N) is 2. The highest BCUT2D eigenvalue weighted by Crippen LogP contribution is 2.61. The van der Waals surface area contributed by atoms with Crippen molar-refractivity contribution in [2.75, 3.05) is 0 Å². The molecule has 0 aromatic heterocycles. The third-order valence-corrected chi connectivity index (χ3v) is 7.61. The summed E-state index contributed by atoms with van der Waals surface area (Å²) in [5.41, 5.74) is 0.978. The van der Waals surface area contributed by atoms with E-state index in [-0.39, 0.29) is 5.91 Å². The molecule has 4 bridgehead atoms. The van der Waals surface area contributed by atoms with E-state index >= 15 is 0 Å². The van der Waals surface area contributed by atoms with Gasteiger partial charge in [0.25, 0.3) is 5.91 Å². The average molecular weight is 421 g/mol. The summed E-state index contributed by atoms with van der Waals surface area (Å²) < 4.78 is 0.782. The second-order valence-electron chi connectivity index (χ2n) is 8.41. The van der Waals surface area contributed by atoms with Crippen molar-refractivity contribution in [1.82, 2.24) is 10.6 Å². The van der Waals surface area contributed by atoms with Crippen LogP contribution in [0.4, 0.5) is 0 Å². The van der Waals surface area contributed by atoms with Crippen molar-refractivity contribution < 1.29 is 4.79 Å². The minimum Gasteiger partial charge on any atom is -0.359 e. The van der Waals surface area contributed by atoms with Gasteiger partial charge in [0.2, 0.25) is 0 Å². The smallest absolute Gasteiger partial charge is 0.258 e. The molecule has 0 spiro atoms. The summed E-state index contributed by atoms with van der Waals surface area (Å²) in [6.45, 7) is 2.25. The zero-order valence-electron chi connectivity index (χ0n) is 14.6. The third kappa shape index (κ3) is 3.37. The van der Waals surface area contributed by atoms with Crippen LogP contribution in [0.25, 0.3) is 0 Å². The molecule has 0 saturated heterocycles. The first-order valence-corrected chi connectivity index (χ1v) is 10.5. The van der Waals surface area contributed by atoms with Crippen LogP contribution in [0.5, 0.6) is 0 Å². The maximum absolute atomic E-state index is 12.4. The monoisotopic (exact) mass is 420 g/mol. The first kappa shape index (κ1) is 17.5. The normalized spacial score (nSPS) is 33.8. The molecule has 4 aliphatic rings. The van der Waals surface area contributed by atoms with Crippen molar-refractivity contribution >= 4 is 39.2 Å². The number of carbonyl (C=O) groups excluding carboxylic acids is 1. The molecule has 4 saturated carbocycles. The van der Waals surface area contributed by atoms with Gasteiger partial charge in [-0.2, -0.15) is 0 Å². The highest BCUT2D eigenvalue weighted by Gasteiger charge is 2.53. The highest BCUT2D eigenvalue weighted by molar-refractivity contribution is 9.10. The van der Waals surface area contributed by atoms with E-state index < -0.39 is 0 Å². The van der Waals surface area contributed by atoms with E-state index in [0.717, 1.165) is 22.2 Å². The van der Waals surface area contributed by atoms with Crippen molar-refractivity contribution in [3.05, 3.63) is 34.3 Å². The standard InChI is InChI=1S/C20H25BrN2OS/c1-12(20-9-13-6-14(10-20)8-15(7-13)11-20)22-19(25)23-18(24)16-4-2-3-5-17(16)21/h2-5,12-15H,6-11H2,1H3,(H2,22,23,24,25)/t12-,13?,14?,15?,20?/m1/s1. The fourth-order valence-electron chi connectivity index (χ4n) is 5.91. The summed E-state index contributed by atoms with van der Waals surface area (Å²) in [6.07, 6.45) is 8.30. The molecular formula is C20H25BrN2OS. The molecule has 0 aliphatic heterocycles. The molecule has 1 atom stereocenters. The number of benzene rings is 1. The molecule has 0 unspecified atom stereocenters. The minimum absolute atomic E-state index is 0.164. The number of rotatable bonds is 3. The lowest BCUT2D eigenvalue weighted by molar-refractivity contribution is -0.0672. The fourth-order valence-corrected chi connectivity index (χ4v) is 6.64. The van der Waals surface area contributed by atoms with Crippen LogP contribution in [0.1, 0.15) is 55.8 Å². The lowest BCUT2D eigenvalue weighted by atomic mass is 9.48. The van der Waals surface area contributed by atoms with E-state index in [4.69, 9.17) is 12.2 Å². The van der Waals surface area contributed by atoms with Crippen LogP contribution in [-0.2, 0) is 0 Å². The molecule has 5 rings (SSSR count). The van der Waals surface area contributed by atoms with E-state index in [1.165, 1.54) is 38.5 Å². The van der Waals surface area contributed by atoms with Gasteiger partial charge in [0.1, 0.15) is 0 Å². The van der Waals surface area contributed by atoms with Crippen molar-refractivity contribution in [3.63, 3.8) is 0 Å². The molecule has 1 aromatic carbocycles. The third-order valence-electron chi connectivity index (χ3n) is 6.70. The van der Waals surface area contributed by atoms with Crippen molar-refractivity contribution in [3.8, 4) is 0 Å². The molecule has 1 amide bonds. The van der Waals surface area contributed by atoms with Gasteiger partial charge in [0, 0.05) is 10.5 Å². The van der Waals surface area contributed by atoms with Crippen LogP contribution in [0.3, 0.4) is 0 Å². The Balaban J connectivity index is 1.39. The van der Waals surface area contributed by atoms with Crippen molar-refractivity contribution in [2.45, 2.75) is 51.5 Å². The van der Waals surface area contributed by atoms with Crippen LogP contribution in [0.2, 0.25) is 0 Å². The molecule has 3 nitrogen and oxygen atoms in total. The SMILES string of the molecule is C[C@@H](NC(=S)NC(=O)c1ccccc1Br)C12CC3CC(CC(C3)C1)C2. The number of carbonyl (C=O) groups is 1. The molecule has 1 aromatic rings. The summed E-state index contributed by atoms with van der Waals surface area (Å²) in [7, 11) is 0. The van der Waals surface area contributed by atoms with Crippen LogP contribution < -0.4 is 10.6 Å². The average Bonchev–Trinajstić information content (AvgIpc) is 2.53. The van der Waals surface area contributed by atoms with Gasteiger partial charge >= 0.3 is 0 Å². The van der Waals surface area contributed by atoms with Gasteiger partial charge < -0.3 is 5.32 Å². The predicted octanol–water partition coefficient (Wildman–Crippen LogP) is 4.66. The van der Waals surface area contributed by atoms with E-state index in [1.54, 1.807) is 6.07 Å². The van der Waals surface area contributed by atoms with Crippen molar-refractivity contribution in [2.24, 2.45) is 23.2 Å². The summed E-state index contributed by atoms with van der Waals surface area (Å²) in [6, 6.07) is 7.72. The number of halogens is 1. The van der Waals surface area contributed by atoms with Gasteiger partial charge in [0.15, 0.2) is 5.11 Å². The summed E-state index contributed by atoms with van der Waals surface area (Å²) >= 11 is 8.87. The Morgan fingerprint density at radius 2 is 1.72 bits per heavy atom. The number of hydrogen-bond acceptors (Lipinski definition) is 2. The van der Waals surface area contributed by atoms with Gasteiger partial charge in [-0.25, -0.2) is 0 Å². The van der Waals surface area contributed by atoms with Crippen LogP contribution in [-0.4, -0.2) is 17.1 Å². The van der Waals surface area contributed by atoms with Gasteiger partial charge in [-0.05, 0) is 109 Å². The Kier molecular flexibility index (Phi) is 4.65. The minimum atomic E-state index is -0.164. The molecule has 0 heterocycles. The number of thiocarbonyl (C=S) groups is 1. The molecule has 25 heavy (non-hydrogen) atoms. The number of amides is 1. The maximum atomic E-state index is 12.4. The molecular weight excluding hydrogens is 396 g/mol. The van der Waals surface area contributed by atoms with Gasteiger partial charge in [0.05, 0.1) is 5.56 Å². The largest absolute Gasteiger partial charge is 0.359 e. The van der Waals surface area contributed by atoms with Crippen LogP contribution >= 0.6 is 28.1 Å². The maximum Gasteiger partial charge on any atom is 0.258 e. The Hall–Kier alpha value is -0.940. The van der Waals surface area contributed by atoms with E-state index in [0.29, 0.717) is 22.1 Å². The quantitative estimate of drug-likeness (QED) is 0.698. The van der Waals surface area contributed by atoms with Gasteiger partial charge in [-0.15, -0.1) is 0 Å². The second kappa shape index (κ2) is 6.66. The Labute approximate surface area is 163 Å². The van der Waals surface area contributed by atoms with E-state index in [9.17, 15) is 4.79 Å². The zero-order chi connectivity index (χ0) is 17.6. The van der Waals surface area contributed by atoms with Crippen LogP contribution in [0, 0.1) is 23.2 Å². The molecule has 4 fully saturated rings. The second-order valence-corrected chi connectivity index (χ2v) is 9.67. The molecule has 134 valence electrons. The number of hydrogen-bond donors (Lipinski definition) is 2. The molecule has 0 radical (unpaired) electrons. The van der Waals surface area contributed by atoms with Crippen LogP contribution in [0.15, 0.2) is 28.7 Å². The lowest BCUT2D eigenvalue weighted by Crippen LogP contribution is -2.57. The van der Waals surface area contributed by atoms with Gasteiger partial charge in [-0.3, -0.25) is 10.1 Å². The first-order chi connectivity index (χ1) is 11.9. The molecule has 5 heteroatoms. The fraction of sp³-hybridized carbons (Fsp3) is 0.600. The van der Waals surface area contributed by atoms with E-state index in [1.807, 2.05) is 18.2 Å². The topological polar surface area (TPSA) is 41.1 Å². The summed E-state index contributed by atoms with van der Waals surface area (Å²) in [5.74, 6) is 2.58. The van der Waals surface area contributed by atoms with Gasteiger partial charge in [-0.1, -0.05) is 12.1 Å². The summed E-state index contributed by atoms with van der Waals surface area (Å²) in [5, 5.41) is 6.74. The molecule has 2 N–H and O–H groups in total. The van der Waals surface area contributed by atoms with E-state index in [2.05, 4.69) is 33.5 Å². The lowest BCUT2D eigenvalue weighted by Gasteiger charge is -2.59. The Morgan fingerprint density at radius 3 is 2.28 bits per heavy atom. The first-order valence-electron chi connectivity index (χ1n) is 9.31. The van der Waals surface area contributed by atoms with Crippen molar-refractivity contribution in [1.29, 1.82) is 0 Å².